The topological polar surface area (TPSA) is 142 Å². The molecule has 0 saturated carbocycles. The Labute approximate surface area is 378 Å². The van der Waals surface area contributed by atoms with E-state index in [-0.39, 0.29) is 30.9 Å². The van der Waals surface area contributed by atoms with Gasteiger partial charge in [-0.1, -0.05) is 177 Å². The third-order valence-corrected chi connectivity index (χ3v) is 10.7. The van der Waals surface area contributed by atoms with Gasteiger partial charge in [-0.2, -0.15) is 0 Å². The molecule has 62 heavy (non-hydrogen) atoms. The second kappa shape index (κ2) is 46.8. The minimum Gasteiger partial charge on any atom is -0.480 e. The van der Waals surface area contributed by atoms with Crippen LogP contribution in [0.15, 0.2) is 72.9 Å². The zero-order valence-corrected chi connectivity index (χ0v) is 39.4. The Morgan fingerprint density at radius 3 is 1.44 bits per heavy atom. The number of allylic oxidation sites excluding steroid dienone is 11. The molecule has 9 nitrogen and oxygen atoms in total. The summed E-state index contributed by atoms with van der Waals surface area (Å²) in [5.74, 6) is -2.40. The molecule has 2 amide bonds. The second-order valence-electron chi connectivity index (χ2n) is 16.5. The van der Waals surface area contributed by atoms with Crippen molar-refractivity contribution in [2.24, 2.45) is 0 Å². The van der Waals surface area contributed by atoms with Crippen LogP contribution in [-0.4, -0.2) is 59.3 Å². The lowest BCUT2D eigenvalue weighted by molar-refractivity contribution is -0.147. The molecule has 2 atom stereocenters. The van der Waals surface area contributed by atoms with E-state index in [0.29, 0.717) is 12.8 Å². The van der Waals surface area contributed by atoms with Crippen LogP contribution >= 0.6 is 0 Å². The maximum atomic E-state index is 12.8. The van der Waals surface area contributed by atoms with Crippen molar-refractivity contribution in [3.63, 3.8) is 0 Å². The SMILES string of the molecule is CCCCC/C=C\C/C=C\C/C=C\C(CCCCCCCC(=O)NCC(=O)NC(CO)C(=O)O)OC(=O)CCCCCCCCCC/C=C\C/C=C\C/C=C\CCCCCCC. The Morgan fingerprint density at radius 1 is 0.500 bits per heavy atom. The highest BCUT2D eigenvalue weighted by atomic mass is 16.5. The number of aliphatic hydroxyl groups excluding tert-OH is 1. The largest absolute Gasteiger partial charge is 0.480 e. The monoisotopic (exact) mass is 867 g/mol. The Hall–Kier alpha value is -3.72. The maximum absolute atomic E-state index is 12.8. The van der Waals surface area contributed by atoms with Crippen molar-refractivity contribution in [2.75, 3.05) is 13.2 Å². The zero-order valence-electron chi connectivity index (χ0n) is 39.4. The molecule has 0 aromatic heterocycles. The van der Waals surface area contributed by atoms with Crippen LogP contribution in [0.25, 0.3) is 0 Å². The van der Waals surface area contributed by atoms with E-state index in [0.717, 1.165) is 89.9 Å². The number of nitrogens with one attached hydrogen (secondary N) is 2. The van der Waals surface area contributed by atoms with Crippen LogP contribution in [-0.2, 0) is 23.9 Å². The molecule has 0 bridgehead atoms. The molecule has 0 rings (SSSR count). The molecule has 9 heteroatoms. The number of rotatable bonds is 44. The van der Waals surface area contributed by atoms with E-state index in [9.17, 15) is 19.2 Å². The predicted molar refractivity (Wildman–Crippen MR) is 259 cm³/mol. The van der Waals surface area contributed by atoms with Gasteiger partial charge in [0.25, 0.3) is 0 Å². The number of carboxylic acids is 1. The summed E-state index contributed by atoms with van der Waals surface area (Å²) >= 11 is 0. The van der Waals surface area contributed by atoms with Gasteiger partial charge >= 0.3 is 11.9 Å². The summed E-state index contributed by atoms with van der Waals surface area (Å²) in [4.78, 5) is 47.7. The highest BCUT2D eigenvalue weighted by Gasteiger charge is 2.18. The van der Waals surface area contributed by atoms with E-state index in [2.05, 4.69) is 91.3 Å². The number of hydrogen-bond acceptors (Lipinski definition) is 6. The minimum atomic E-state index is -1.39. The molecule has 0 heterocycles. The van der Waals surface area contributed by atoms with Gasteiger partial charge in [0.05, 0.1) is 13.2 Å². The number of carbonyl (C=O) groups is 4. The van der Waals surface area contributed by atoms with Crippen LogP contribution in [0.5, 0.6) is 0 Å². The highest BCUT2D eigenvalue weighted by Crippen LogP contribution is 2.15. The molecule has 0 radical (unpaired) electrons. The van der Waals surface area contributed by atoms with Crippen LogP contribution in [0.2, 0.25) is 0 Å². The van der Waals surface area contributed by atoms with Gasteiger partial charge in [0.15, 0.2) is 0 Å². The van der Waals surface area contributed by atoms with Gasteiger partial charge < -0.3 is 25.6 Å². The fourth-order valence-corrected chi connectivity index (χ4v) is 6.82. The van der Waals surface area contributed by atoms with Crippen molar-refractivity contribution in [1.29, 1.82) is 0 Å². The molecule has 0 aromatic carbocycles. The maximum Gasteiger partial charge on any atom is 0.328 e. The standard InChI is InChI=1S/C53H90N2O7/c1-3-5-7-9-11-13-15-16-17-18-19-20-21-22-23-24-25-26-28-30-32-37-41-45-52(59)62-48(42-38-34-31-29-27-14-12-10-8-6-4-2)43-39-35-33-36-40-44-50(57)54-46-51(58)55-49(47-56)53(60)61/h12,14-16,18-19,21-22,29,31,38,42,48-49,56H,3-11,13,17,20,23-28,30,32-37,39-41,43-47H2,1-2H3,(H,54,57)(H,55,58)(H,60,61)/b14-12-,16-15-,19-18-,22-21-,31-29-,42-38-. The van der Waals surface area contributed by atoms with Crippen molar-refractivity contribution in [3.8, 4) is 0 Å². The van der Waals surface area contributed by atoms with Gasteiger partial charge in [-0.15, -0.1) is 0 Å². The molecule has 0 spiro atoms. The molecule has 0 aromatic rings. The molecule has 0 aliphatic rings. The number of aliphatic hydroxyl groups is 1. The lowest BCUT2D eigenvalue weighted by Crippen LogP contribution is -2.47. The van der Waals surface area contributed by atoms with Crippen LogP contribution < -0.4 is 10.6 Å². The molecule has 0 saturated heterocycles. The quantitative estimate of drug-likeness (QED) is 0.0271. The Kier molecular flexibility index (Phi) is 44.0. The van der Waals surface area contributed by atoms with Gasteiger partial charge in [-0.05, 0) is 96.0 Å². The van der Waals surface area contributed by atoms with Gasteiger partial charge in [0.2, 0.25) is 11.8 Å². The van der Waals surface area contributed by atoms with Gasteiger partial charge in [0.1, 0.15) is 12.1 Å². The number of carboxylic acid groups (broad SMARTS) is 1. The number of aliphatic carboxylic acids is 1. The molecule has 4 N–H and O–H groups in total. The van der Waals surface area contributed by atoms with E-state index in [1.807, 2.05) is 6.08 Å². The van der Waals surface area contributed by atoms with Crippen LogP contribution in [0.4, 0.5) is 0 Å². The molecular formula is C53H90N2O7. The average molecular weight is 867 g/mol. The summed E-state index contributed by atoms with van der Waals surface area (Å²) in [6, 6.07) is -1.39. The smallest absolute Gasteiger partial charge is 0.328 e. The number of amides is 2. The molecule has 2 unspecified atom stereocenters. The van der Waals surface area contributed by atoms with Gasteiger partial charge in [-0.25, -0.2) is 4.79 Å². The highest BCUT2D eigenvalue weighted by molar-refractivity contribution is 5.87. The van der Waals surface area contributed by atoms with E-state index in [4.69, 9.17) is 14.9 Å². The normalized spacial score (nSPS) is 13.1. The molecule has 0 fully saturated rings. The first-order chi connectivity index (χ1) is 30.3. The first-order valence-corrected chi connectivity index (χ1v) is 24.8. The van der Waals surface area contributed by atoms with Crippen LogP contribution in [0.3, 0.4) is 0 Å². The number of esters is 1. The van der Waals surface area contributed by atoms with Crippen LogP contribution in [0.1, 0.15) is 213 Å². The Bertz CT molecular complexity index is 1270. The number of carbonyl (C=O) groups excluding carboxylic acids is 3. The Morgan fingerprint density at radius 2 is 0.919 bits per heavy atom. The summed E-state index contributed by atoms with van der Waals surface area (Å²) in [5.41, 5.74) is 0. The predicted octanol–water partition coefficient (Wildman–Crippen LogP) is 13.0. The summed E-state index contributed by atoms with van der Waals surface area (Å²) in [7, 11) is 0. The third-order valence-electron chi connectivity index (χ3n) is 10.7. The molecular weight excluding hydrogens is 777 g/mol. The molecule has 0 aliphatic carbocycles. The first kappa shape index (κ1) is 58.3. The van der Waals surface area contributed by atoms with Crippen molar-refractivity contribution >= 4 is 23.8 Å². The number of hydrogen-bond donors (Lipinski definition) is 4. The Balaban J connectivity index is 4.31. The van der Waals surface area contributed by atoms with Crippen molar-refractivity contribution in [2.45, 2.75) is 225 Å². The van der Waals surface area contributed by atoms with Crippen molar-refractivity contribution < 1.29 is 34.1 Å². The first-order valence-electron chi connectivity index (χ1n) is 24.8. The van der Waals surface area contributed by atoms with Gasteiger partial charge in [-0.3, -0.25) is 14.4 Å². The van der Waals surface area contributed by atoms with Gasteiger partial charge in [0, 0.05) is 12.8 Å². The molecule has 0 aliphatic heterocycles. The lowest BCUT2D eigenvalue weighted by Gasteiger charge is -2.15. The van der Waals surface area contributed by atoms with Crippen LogP contribution in [0, 0.1) is 0 Å². The summed E-state index contributed by atoms with van der Waals surface area (Å²) in [6.07, 6.45) is 59.5. The summed E-state index contributed by atoms with van der Waals surface area (Å²) in [6.45, 7) is 3.42. The van der Waals surface area contributed by atoms with E-state index in [1.54, 1.807) is 0 Å². The fourth-order valence-electron chi connectivity index (χ4n) is 6.82. The summed E-state index contributed by atoms with van der Waals surface area (Å²) < 4.78 is 5.94. The zero-order chi connectivity index (χ0) is 45.4. The second-order valence-corrected chi connectivity index (χ2v) is 16.5. The van der Waals surface area contributed by atoms with E-state index >= 15 is 0 Å². The van der Waals surface area contributed by atoms with Crippen molar-refractivity contribution in [1.82, 2.24) is 10.6 Å². The van der Waals surface area contributed by atoms with E-state index < -0.39 is 24.5 Å². The molecule has 354 valence electrons. The van der Waals surface area contributed by atoms with E-state index in [1.165, 1.54) is 89.9 Å². The number of ether oxygens (including phenoxy) is 1. The summed E-state index contributed by atoms with van der Waals surface area (Å²) in [5, 5.41) is 22.6. The lowest BCUT2D eigenvalue weighted by atomic mass is 10.1. The third kappa shape index (κ3) is 42.9. The minimum absolute atomic E-state index is 0.123. The number of unbranched alkanes of at least 4 members (excludes halogenated alkanes) is 20. The fraction of sp³-hybridized carbons (Fsp3) is 0.698. The van der Waals surface area contributed by atoms with Crippen molar-refractivity contribution in [3.05, 3.63) is 72.9 Å². The average Bonchev–Trinajstić information content (AvgIpc) is 3.26.